The molecule has 0 amide bonds. The van der Waals surface area contributed by atoms with E-state index >= 15 is 0 Å². The van der Waals surface area contributed by atoms with Gasteiger partial charge in [0.15, 0.2) is 11.6 Å². The standard InChI is InChI=1S/C11H18FN5/c1-2-5-17(7-8-3-4-8)10-9(12)6-14-11(15-10)16-13/h6,8H,2-5,7,13H2,1H3,(H,14,15,16). The average Bonchev–Trinajstić information content (AvgIpc) is 3.13. The van der Waals surface area contributed by atoms with Gasteiger partial charge in [0.1, 0.15) is 0 Å². The van der Waals surface area contributed by atoms with Crippen molar-refractivity contribution in [3.05, 3.63) is 12.0 Å². The molecule has 94 valence electrons. The van der Waals surface area contributed by atoms with E-state index in [1.54, 1.807) is 0 Å². The Bertz CT molecular complexity index is 380. The summed E-state index contributed by atoms with van der Waals surface area (Å²) in [7, 11) is 0. The Morgan fingerprint density at radius 1 is 1.59 bits per heavy atom. The quantitative estimate of drug-likeness (QED) is 0.582. The van der Waals surface area contributed by atoms with Gasteiger partial charge in [0.05, 0.1) is 6.20 Å². The zero-order chi connectivity index (χ0) is 12.3. The summed E-state index contributed by atoms with van der Waals surface area (Å²) >= 11 is 0. The molecule has 0 bridgehead atoms. The number of halogens is 1. The predicted molar refractivity (Wildman–Crippen MR) is 65.0 cm³/mol. The van der Waals surface area contributed by atoms with E-state index in [2.05, 4.69) is 22.3 Å². The summed E-state index contributed by atoms with van der Waals surface area (Å²) in [6.45, 7) is 3.74. The molecule has 1 aromatic heterocycles. The summed E-state index contributed by atoms with van der Waals surface area (Å²) < 4.78 is 13.7. The van der Waals surface area contributed by atoms with E-state index in [1.807, 2.05) is 4.90 Å². The number of nitrogens with one attached hydrogen (secondary N) is 1. The highest BCUT2D eigenvalue weighted by Crippen LogP contribution is 2.31. The molecule has 17 heavy (non-hydrogen) atoms. The van der Waals surface area contributed by atoms with Gasteiger partial charge in [-0.15, -0.1) is 0 Å². The summed E-state index contributed by atoms with van der Waals surface area (Å²) in [6.07, 6.45) is 4.58. The molecule has 1 aliphatic carbocycles. The lowest BCUT2D eigenvalue weighted by atomic mass is 10.3. The minimum absolute atomic E-state index is 0.248. The Balaban J connectivity index is 2.19. The van der Waals surface area contributed by atoms with Crippen LogP contribution >= 0.6 is 0 Å². The van der Waals surface area contributed by atoms with Gasteiger partial charge in [0, 0.05) is 13.1 Å². The van der Waals surface area contributed by atoms with E-state index in [1.165, 1.54) is 12.8 Å². The highest BCUT2D eigenvalue weighted by atomic mass is 19.1. The molecule has 0 atom stereocenters. The van der Waals surface area contributed by atoms with E-state index in [0.717, 1.165) is 25.7 Å². The second-order valence-electron chi connectivity index (χ2n) is 4.40. The van der Waals surface area contributed by atoms with Crippen LogP contribution < -0.4 is 16.2 Å². The van der Waals surface area contributed by atoms with Crippen LogP contribution in [0.3, 0.4) is 0 Å². The molecule has 1 aliphatic rings. The summed E-state index contributed by atoms with van der Waals surface area (Å²) in [5.41, 5.74) is 2.34. The maximum absolute atomic E-state index is 13.7. The Morgan fingerprint density at radius 2 is 2.35 bits per heavy atom. The van der Waals surface area contributed by atoms with Gasteiger partial charge >= 0.3 is 0 Å². The van der Waals surface area contributed by atoms with Gasteiger partial charge in [-0.25, -0.2) is 15.2 Å². The van der Waals surface area contributed by atoms with Crippen LogP contribution in [0.25, 0.3) is 0 Å². The number of rotatable bonds is 6. The Hall–Kier alpha value is -1.43. The highest BCUT2D eigenvalue weighted by Gasteiger charge is 2.26. The van der Waals surface area contributed by atoms with E-state index in [0.29, 0.717) is 11.7 Å². The summed E-state index contributed by atoms with van der Waals surface area (Å²) in [5.74, 6) is 6.13. The molecule has 0 aliphatic heterocycles. The summed E-state index contributed by atoms with van der Waals surface area (Å²) in [5, 5.41) is 0. The third-order valence-corrected chi connectivity index (χ3v) is 2.82. The summed E-state index contributed by atoms with van der Waals surface area (Å²) in [4.78, 5) is 9.82. The fourth-order valence-electron chi connectivity index (χ4n) is 1.82. The second kappa shape index (κ2) is 5.27. The van der Waals surface area contributed by atoms with E-state index in [4.69, 9.17) is 5.84 Å². The zero-order valence-corrected chi connectivity index (χ0v) is 9.99. The Kier molecular flexibility index (Phi) is 3.73. The van der Waals surface area contributed by atoms with Crippen molar-refractivity contribution in [2.75, 3.05) is 23.4 Å². The minimum Gasteiger partial charge on any atom is -0.354 e. The molecular formula is C11H18FN5. The maximum atomic E-state index is 13.7. The molecule has 0 aromatic carbocycles. The number of nitrogens with two attached hydrogens (primary N) is 1. The monoisotopic (exact) mass is 239 g/mol. The Labute approximate surface area is 100 Å². The normalized spacial score (nSPS) is 14.8. The van der Waals surface area contributed by atoms with Crippen molar-refractivity contribution in [1.29, 1.82) is 0 Å². The number of nitrogen functional groups attached to an aromatic ring is 1. The lowest BCUT2D eigenvalue weighted by Crippen LogP contribution is -2.29. The van der Waals surface area contributed by atoms with Gasteiger partial charge in [0.2, 0.25) is 5.95 Å². The van der Waals surface area contributed by atoms with Crippen LogP contribution in [-0.4, -0.2) is 23.1 Å². The topological polar surface area (TPSA) is 67.1 Å². The molecule has 0 unspecified atom stereocenters. The first-order valence-electron chi connectivity index (χ1n) is 5.98. The number of anilines is 2. The maximum Gasteiger partial charge on any atom is 0.239 e. The third kappa shape index (κ3) is 3.03. The molecule has 1 aromatic rings. The molecule has 1 heterocycles. The molecule has 5 nitrogen and oxygen atoms in total. The van der Waals surface area contributed by atoms with Crippen molar-refractivity contribution in [2.45, 2.75) is 26.2 Å². The average molecular weight is 239 g/mol. The number of hydrogen-bond acceptors (Lipinski definition) is 5. The van der Waals surface area contributed by atoms with Crippen molar-refractivity contribution in [1.82, 2.24) is 9.97 Å². The molecule has 1 saturated carbocycles. The molecule has 0 saturated heterocycles. The highest BCUT2D eigenvalue weighted by molar-refractivity contribution is 5.43. The van der Waals surface area contributed by atoms with Crippen molar-refractivity contribution in [3.8, 4) is 0 Å². The van der Waals surface area contributed by atoms with Crippen LogP contribution in [0, 0.1) is 11.7 Å². The van der Waals surface area contributed by atoms with Crippen molar-refractivity contribution < 1.29 is 4.39 Å². The van der Waals surface area contributed by atoms with E-state index in [9.17, 15) is 4.39 Å². The first-order chi connectivity index (χ1) is 8.24. The van der Waals surface area contributed by atoms with Crippen LogP contribution in [-0.2, 0) is 0 Å². The van der Waals surface area contributed by atoms with Crippen molar-refractivity contribution >= 4 is 11.8 Å². The van der Waals surface area contributed by atoms with Gasteiger partial charge in [-0.05, 0) is 25.2 Å². The van der Waals surface area contributed by atoms with E-state index < -0.39 is 5.82 Å². The predicted octanol–water partition coefficient (Wildman–Crippen LogP) is 1.53. The molecule has 6 heteroatoms. The number of hydrazine groups is 1. The molecule has 0 spiro atoms. The molecule has 3 N–H and O–H groups in total. The summed E-state index contributed by atoms with van der Waals surface area (Å²) in [6, 6.07) is 0. The fraction of sp³-hybridized carbons (Fsp3) is 0.636. The number of nitrogens with zero attached hydrogens (tertiary/aromatic N) is 3. The minimum atomic E-state index is -0.391. The fourth-order valence-corrected chi connectivity index (χ4v) is 1.82. The zero-order valence-electron chi connectivity index (χ0n) is 9.99. The third-order valence-electron chi connectivity index (χ3n) is 2.82. The van der Waals surface area contributed by atoms with Crippen molar-refractivity contribution in [3.63, 3.8) is 0 Å². The molecular weight excluding hydrogens is 221 g/mol. The Morgan fingerprint density at radius 3 is 2.94 bits per heavy atom. The van der Waals surface area contributed by atoms with E-state index in [-0.39, 0.29) is 5.95 Å². The van der Waals surface area contributed by atoms with Gasteiger partial charge in [0.25, 0.3) is 0 Å². The smallest absolute Gasteiger partial charge is 0.239 e. The van der Waals surface area contributed by atoms with Gasteiger partial charge in [-0.3, -0.25) is 5.43 Å². The second-order valence-corrected chi connectivity index (χ2v) is 4.40. The molecule has 1 fully saturated rings. The lowest BCUT2D eigenvalue weighted by molar-refractivity contribution is 0.593. The SMILES string of the molecule is CCCN(CC1CC1)c1nc(NN)ncc1F. The van der Waals surface area contributed by atoms with Crippen LogP contribution in [0.15, 0.2) is 6.20 Å². The first-order valence-corrected chi connectivity index (χ1v) is 5.98. The largest absolute Gasteiger partial charge is 0.354 e. The molecule has 0 radical (unpaired) electrons. The molecule has 2 rings (SSSR count). The van der Waals surface area contributed by atoms with Crippen LogP contribution in [0.2, 0.25) is 0 Å². The number of hydrogen-bond donors (Lipinski definition) is 2. The van der Waals surface area contributed by atoms with Gasteiger partial charge in [-0.2, -0.15) is 4.98 Å². The number of aromatic nitrogens is 2. The van der Waals surface area contributed by atoms with Gasteiger partial charge < -0.3 is 4.90 Å². The van der Waals surface area contributed by atoms with Crippen molar-refractivity contribution in [2.24, 2.45) is 11.8 Å². The van der Waals surface area contributed by atoms with Crippen LogP contribution in [0.1, 0.15) is 26.2 Å². The van der Waals surface area contributed by atoms with Crippen LogP contribution in [0.5, 0.6) is 0 Å². The van der Waals surface area contributed by atoms with Gasteiger partial charge in [-0.1, -0.05) is 6.92 Å². The van der Waals surface area contributed by atoms with Crippen LogP contribution in [0.4, 0.5) is 16.2 Å². The lowest BCUT2D eigenvalue weighted by Gasteiger charge is -2.23. The first kappa shape index (κ1) is 12.0.